The van der Waals surface area contributed by atoms with Crippen molar-refractivity contribution in [1.29, 1.82) is 0 Å². The van der Waals surface area contributed by atoms with Crippen molar-refractivity contribution >= 4 is 19.7 Å². The summed E-state index contributed by atoms with van der Waals surface area (Å²) in [5.74, 6) is 0. The van der Waals surface area contributed by atoms with E-state index in [0.717, 1.165) is 5.56 Å². The monoisotopic (exact) mass is 256 g/mol. The number of aromatic nitrogens is 4. The second-order valence-corrected chi connectivity index (χ2v) is 6.77. The molecule has 1 heterocycles. The minimum absolute atomic E-state index is 0.0839. The van der Waals surface area contributed by atoms with E-state index in [4.69, 9.17) is 0 Å². The quantitative estimate of drug-likeness (QED) is 0.824. The molecule has 0 atom stereocenters. The third-order valence-corrected chi connectivity index (χ3v) is 4.89. The van der Waals surface area contributed by atoms with Crippen molar-refractivity contribution in [2.75, 3.05) is 0 Å². The van der Waals surface area contributed by atoms with Crippen LogP contribution in [0, 0.1) is 6.92 Å². The SMILES string of the molecule is Cc1ccc(S(=O)(=O)Sc2nn[nH]n2)cc1. The molecule has 2 rings (SSSR count). The number of aryl methyl sites for hydroxylation is 1. The molecule has 0 spiro atoms. The Bertz CT molecular complexity index is 563. The van der Waals surface area contributed by atoms with Crippen LogP contribution in [0.1, 0.15) is 5.56 Å². The number of H-pyrrole nitrogens is 1. The third-order valence-electron chi connectivity index (χ3n) is 1.82. The number of nitrogens with zero attached hydrogens (tertiary/aromatic N) is 3. The Morgan fingerprint density at radius 2 is 1.94 bits per heavy atom. The zero-order valence-corrected chi connectivity index (χ0v) is 9.92. The molecule has 1 aromatic heterocycles. The Morgan fingerprint density at radius 1 is 1.25 bits per heavy atom. The Hall–Kier alpha value is -1.41. The first-order valence-electron chi connectivity index (χ1n) is 4.32. The van der Waals surface area contributed by atoms with Gasteiger partial charge < -0.3 is 0 Å². The van der Waals surface area contributed by atoms with Crippen LogP contribution in [0.2, 0.25) is 0 Å². The van der Waals surface area contributed by atoms with Crippen molar-refractivity contribution < 1.29 is 8.42 Å². The molecular formula is C8H8N4O2S2. The summed E-state index contributed by atoms with van der Waals surface area (Å²) in [7, 11) is -2.90. The van der Waals surface area contributed by atoms with Gasteiger partial charge in [0.2, 0.25) is 14.0 Å². The number of tetrazole rings is 1. The molecule has 0 aliphatic rings. The van der Waals surface area contributed by atoms with Gasteiger partial charge in [0, 0.05) is 0 Å². The summed E-state index contributed by atoms with van der Waals surface area (Å²) in [6, 6.07) is 6.59. The van der Waals surface area contributed by atoms with Gasteiger partial charge in [0.15, 0.2) is 0 Å². The van der Waals surface area contributed by atoms with E-state index in [0.29, 0.717) is 10.8 Å². The molecule has 6 nitrogen and oxygen atoms in total. The molecule has 2 aromatic rings. The smallest absolute Gasteiger partial charge is 0.212 e. The molecule has 0 fully saturated rings. The fourth-order valence-corrected chi connectivity index (χ4v) is 3.38. The minimum Gasteiger partial charge on any atom is -0.212 e. The molecule has 0 aliphatic heterocycles. The average Bonchev–Trinajstić information content (AvgIpc) is 2.70. The van der Waals surface area contributed by atoms with Gasteiger partial charge in [-0.3, -0.25) is 0 Å². The second kappa shape index (κ2) is 4.22. The van der Waals surface area contributed by atoms with Crippen molar-refractivity contribution in [1.82, 2.24) is 20.6 Å². The molecule has 0 saturated heterocycles. The highest BCUT2D eigenvalue weighted by molar-refractivity contribution is 8.72. The third kappa shape index (κ3) is 2.39. The molecular weight excluding hydrogens is 248 g/mol. The normalized spacial score (nSPS) is 11.6. The fourth-order valence-electron chi connectivity index (χ4n) is 1.04. The lowest BCUT2D eigenvalue weighted by Crippen LogP contribution is -1.95. The maximum atomic E-state index is 11.9. The van der Waals surface area contributed by atoms with Gasteiger partial charge >= 0.3 is 0 Å². The van der Waals surface area contributed by atoms with Crippen LogP contribution in [0.25, 0.3) is 0 Å². The summed E-state index contributed by atoms with van der Waals surface area (Å²) in [5.41, 5.74) is 1.00. The first-order chi connectivity index (χ1) is 7.58. The van der Waals surface area contributed by atoms with E-state index in [-0.39, 0.29) is 10.1 Å². The summed E-state index contributed by atoms with van der Waals surface area (Å²) < 4.78 is 23.7. The molecule has 0 amide bonds. The van der Waals surface area contributed by atoms with E-state index in [9.17, 15) is 8.42 Å². The van der Waals surface area contributed by atoms with E-state index in [1.807, 2.05) is 6.92 Å². The zero-order chi connectivity index (χ0) is 11.6. The van der Waals surface area contributed by atoms with E-state index >= 15 is 0 Å². The standard InChI is InChI=1S/C8H8N4O2S2/c1-6-2-4-7(5-3-6)16(13,14)15-8-9-11-12-10-8/h2-5H,1H3,(H,9,10,11,12). The Balaban J connectivity index is 2.29. The van der Waals surface area contributed by atoms with E-state index in [1.165, 1.54) is 0 Å². The second-order valence-electron chi connectivity index (χ2n) is 3.04. The first-order valence-corrected chi connectivity index (χ1v) is 7.14. The predicted octanol–water partition coefficient (Wildman–Crippen LogP) is 0.989. The molecule has 1 N–H and O–H groups in total. The number of nitrogens with one attached hydrogen (secondary N) is 1. The number of benzene rings is 1. The molecule has 0 aliphatic carbocycles. The lowest BCUT2D eigenvalue weighted by Gasteiger charge is -2.00. The van der Waals surface area contributed by atoms with Crippen molar-refractivity contribution in [3.05, 3.63) is 29.8 Å². The van der Waals surface area contributed by atoms with Crippen LogP contribution < -0.4 is 0 Å². The summed E-state index contributed by atoms with van der Waals surface area (Å²) in [4.78, 5) is 0.230. The van der Waals surface area contributed by atoms with Crippen LogP contribution in [-0.4, -0.2) is 29.0 Å². The highest BCUT2D eigenvalue weighted by Crippen LogP contribution is 2.27. The van der Waals surface area contributed by atoms with E-state index in [2.05, 4.69) is 20.6 Å². The Morgan fingerprint density at radius 3 is 2.50 bits per heavy atom. The Kier molecular flexibility index (Phi) is 2.92. The average molecular weight is 256 g/mol. The van der Waals surface area contributed by atoms with Crippen molar-refractivity contribution in [2.24, 2.45) is 0 Å². The number of hydrogen-bond acceptors (Lipinski definition) is 6. The fraction of sp³-hybridized carbons (Fsp3) is 0.125. The number of rotatable bonds is 3. The van der Waals surface area contributed by atoms with E-state index in [1.54, 1.807) is 24.3 Å². The van der Waals surface area contributed by atoms with Gasteiger partial charge in [-0.15, -0.1) is 10.2 Å². The van der Waals surface area contributed by atoms with Crippen molar-refractivity contribution in [2.45, 2.75) is 17.0 Å². The van der Waals surface area contributed by atoms with Crippen LogP contribution in [-0.2, 0) is 8.87 Å². The molecule has 0 radical (unpaired) electrons. The lowest BCUT2D eigenvalue weighted by atomic mass is 10.2. The van der Waals surface area contributed by atoms with Crippen LogP contribution in [0.5, 0.6) is 0 Å². The highest BCUT2D eigenvalue weighted by Gasteiger charge is 2.18. The van der Waals surface area contributed by atoms with Gasteiger partial charge in [-0.05, 0) is 24.3 Å². The van der Waals surface area contributed by atoms with Gasteiger partial charge in [-0.2, -0.15) is 5.21 Å². The topological polar surface area (TPSA) is 88.6 Å². The van der Waals surface area contributed by atoms with Crippen LogP contribution in [0.3, 0.4) is 0 Å². The van der Waals surface area contributed by atoms with Gasteiger partial charge in [-0.25, -0.2) is 8.42 Å². The molecule has 16 heavy (non-hydrogen) atoms. The predicted molar refractivity (Wildman–Crippen MR) is 58.4 cm³/mol. The van der Waals surface area contributed by atoms with Gasteiger partial charge in [-0.1, -0.05) is 17.7 Å². The molecule has 0 saturated carbocycles. The maximum absolute atomic E-state index is 11.9. The molecule has 0 bridgehead atoms. The minimum atomic E-state index is -3.47. The maximum Gasteiger partial charge on any atom is 0.246 e. The molecule has 84 valence electrons. The first kappa shape index (κ1) is 11.1. The summed E-state index contributed by atoms with van der Waals surface area (Å²) in [5, 5.41) is 12.7. The van der Waals surface area contributed by atoms with Crippen LogP contribution >= 0.6 is 10.8 Å². The van der Waals surface area contributed by atoms with Gasteiger partial charge in [0.25, 0.3) is 0 Å². The lowest BCUT2D eigenvalue weighted by molar-refractivity contribution is 0.610. The van der Waals surface area contributed by atoms with E-state index < -0.39 is 8.87 Å². The largest absolute Gasteiger partial charge is 0.246 e. The van der Waals surface area contributed by atoms with Crippen molar-refractivity contribution in [3.8, 4) is 0 Å². The summed E-state index contributed by atoms with van der Waals surface area (Å²) in [6.07, 6.45) is 0. The number of hydrogen-bond donors (Lipinski definition) is 1. The highest BCUT2D eigenvalue weighted by atomic mass is 33.1. The van der Waals surface area contributed by atoms with Gasteiger partial charge in [0.1, 0.15) is 0 Å². The molecule has 8 heteroatoms. The summed E-state index contributed by atoms with van der Waals surface area (Å²) >= 11 is 0. The Labute approximate surface area is 95.8 Å². The summed E-state index contributed by atoms with van der Waals surface area (Å²) in [6.45, 7) is 1.89. The van der Waals surface area contributed by atoms with Crippen LogP contribution in [0.15, 0.2) is 34.3 Å². The zero-order valence-electron chi connectivity index (χ0n) is 8.28. The molecule has 1 aromatic carbocycles. The van der Waals surface area contributed by atoms with Crippen molar-refractivity contribution in [3.63, 3.8) is 0 Å². The van der Waals surface area contributed by atoms with Crippen LogP contribution in [0.4, 0.5) is 0 Å². The number of aromatic amines is 1. The van der Waals surface area contributed by atoms with Gasteiger partial charge in [0.05, 0.1) is 15.7 Å². The molecule has 0 unspecified atom stereocenters.